The monoisotopic (exact) mass is 245 g/mol. The molecule has 0 radical (unpaired) electrons. The number of ether oxygens (including phenoxy) is 1. The molecule has 1 heterocycles. The molecule has 0 aliphatic carbocycles. The summed E-state index contributed by atoms with van der Waals surface area (Å²) in [5.41, 5.74) is 8.00. The average Bonchev–Trinajstić information content (AvgIpc) is 2.87. The molecule has 0 aliphatic rings. The van der Waals surface area contributed by atoms with Crippen LogP contribution in [0.4, 0.5) is 0 Å². The van der Waals surface area contributed by atoms with E-state index in [1.54, 1.807) is 7.11 Å². The van der Waals surface area contributed by atoms with Crippen LogP contribution in [0.5, 0.6) is 5.75 Å². The van der Waals surface area contributed by atoms with Gasteiger partial charge in [-0.15, -0.1) is 0 Å². The van der Waals surface area contributed by atoms with Gasteiger partial charge in [-0.1, -0.05) is 12.1 Å². The third-order valence-corrected chi connectivity index (χ3v) is 3.16. The predicted molar refractivity (Wildman–Crippen MR) is 71.8 cm³/mol. The van der Waals surface area contributed by atoms with E-state index in [2.05, 4.69) is 28.6 Å². The van der Waals surface area contributed by atoms with Gasteiger partial charge in [0.05, 0.1) is 19.5 Å². The Morgan fingerprint density at radius 3 is 2.67 bits per heavy atom. The van der Waals surface area contributed by atoms with Crippen LogP contribution in [0.25, 0.3) is 0 Å². The van der Waals surface area contributed by atoms with E-state index in [1.807, 2.05) is 24.7 Å². The van der Waals surface area contributed by atoms with Crippen molar-refractivity contribution in [3.8, 4) is 5.75 Å². The van der Waals surface area contributed by atoms with E-state index >= 15 is 0 Å². The molecule has 4 nitrogen and oxygen atoms in total. The molecule has 2 rings (SSSR count). The average molecular weight is 245 g/mol. The zero-order chi connectivity index (χ0) is 13.0. The number of aromatic nitrogens is 2. The fourth-order valence-corrected chi connectivity index (χ4v) is 2.07. The molecule has 1 aromatic carbocycles. The van der Waals surface area contributed by atoms with Gasteiger partial charge >= 0.3 is 0 Å². The number of rotatable bonds is 5. The quantitative estimate of drug-likeness (QED) is 0.876. The van der Waals surface area contributed by atoms with Gasteiger partial charge < -0.3 is 15.0 Å². The number of imidazole rings is 1. The van der Waals surface area contributed by atoms with E-state index in [-0.39, 0.29) is 6.04 Å². The highest BCUT2D eigenvalue weighted by atomic mass is 16.5. The predicted octanol–water partition coefficient (Wildman–Crippen LogP) is 2.00. The molecule has 0 aliphatic heterocycles. The van der Waals surface area contributed by atoms with Crippen LogP contribution in [-0.2, 0) is 6.42 Å². The summed E-state index contributed by atoms with van der Waals surface area (Å²) in [6.07, 6.45) is 4.59. The Kier molecular flexibility index (Phi) is 3.99. The first-order chi connectivity index (χ1) is 8.76. The lowest BCUT2D eigenvalue weighted by Gasteiger charge is -2.17. The largest absolute Gasteiger partial charge is 0.497 e. The Bertz CT molecular complexity index is 490. The molecule has 0 saturated carbocycles. The maximum atomic E-state index is 5.61. The minimum Gasteiger partial charge on any atom is -0.497 e. The van der Waals surface area contributed by atoms with Crippen molar-refractivity contribution in [1.82, 2.24) is 9.55 Å². The second-order valence-corrected chi connectivity index (χ2v) is 4.28. The van der Waals surface area contributed by atoms with Crippen molar-refractivity contribution >= 4 is 0 Å². The SMILES string of the molecule is COc1ccc(C(C)n2cncc2CCN)cc1. The topological polar surface area (TPSA) is 53.1 Å². The summed E-state index contributed by atoms with van der Waals surface area (Å²) >= 11 is 0. The fourth-order valence-electron chi connectivity index (χ4n) is 2.07. The maximum absolute atomic E-state index is 5.61. The third kappa shape index (κ3) is 2.54. The van der Waals surface area contributed by atoms with Gasteiger partial charge in [0, 0.05) is 18.3 Å². The molecule has 1 atom stereocenters. The lowest BCUT2D eigenvalue weighted by Crippen LogP contribution is -2.12. The molecular formula is C14H19N3O. The van der Waals surface area contributed by atoms with Crippen molar-refractivity contribution in [2.24, 2.45) is 5.73 Å². The zero-order valence-electron chi connectivity index (χ0n) is 10.8. The molecule has 1 unspecified atom stereocenters. The molecule has 0 amide bonds. The first-order valence-corrected chi connectivity index (χ1v) is 6.11. The molecule has 18 heavy (non-hydrogen) atoms. The van der Waals surface area contributed by atoms with E-state index in [4.69, 9.17) is 10.5 Å². The van der Waals surface area contributed by atoms with Gasteiger partial charge in [0.2, 0.25) is 0 Å². The van der Waals surface area contributed by atoms with Crippen LogP contribution >= 0.6 is 0 Å². The molecule has 0 fully saturated rings. The Labute approximate surface area is 107 Å². The molecule has 0 bridgehead atoms. The van der Waals surface area contributed by atoms with Crippen molar-refractivity contribution < 1.29 is 4.74 Å². The van der Waals surface area contributed by atoms with Gasteiger partial charge in [-0.2, -0.15) is 0 Å². The number of methoxy groups -OCH3 is 1. The highest BCUT2D eigenvalue weighted by molar-refractivity contribution is 5.29. The molecule has 2 aromatic rings. The van der Waals surface area contributed by atoms with Crippen LogP contribution in [0.1, 0.15) is 24.2 Å². The van der Waals surface area contributed by atoms with Crippen LogP contribution < -0.4 is 10.5 Å². The summed E-state index contributed by atoms with van der Waals surface area (Å²) in [6.45, 7) is 2.80. The van der Waals surface area contributed by atoms with Gasteiger partial charge in [-0.25, -0.2) is 4.98 Å². The van der Waals surface area contributed by atoms with Crippen molar-refractivity contribution in [2.45, 2.75) is 19.4 Å². The molecule has 0 spiro atoms. The second kappa shape index (κ2) is 5.69. The Balaban J connectivity index is 2.23. The molecule has 4 heteroatoms. The smallest absolute Gasteiger partial charge is 0.118 e. The standard InChI is InChI=1S/C14H19N3O/c1-11(12-3-5-14(18-2)6-4-12)17-10-16-9-13(17)7-8-15/h3-6,9-11H,7-8,15H2,1-2H3. The first-order valence-electron chi connectivity index (χ1n) is 6.11. The summed E-state index contributed by atoms with van der Waals surface area (Å²) in [4.78, 5) is 4.20. The highest BCUT2D eigenvalue weighted by Crippen LogP contribution is 2.22. The minimum absolute atomic E-state index is 0.250. The number of benzene rings is 1. The summed E-state index contributed by atoms with van der Waals surface area (Å²) in [5, 5.41) is 0. The van der Waals surface area contributed by atoms with E-state index in [9.17, 15) is 0 Å². The molecule has 1 aromatic heterocycles. The Morgan fingerprint density at radius 2 is 2.06 bits per heavy atom. The van der Waals surface area contributed by atoms with E-state index in [1.165, 1.54) is 11.3 Å². The Morgan fingerprint density at radius 1 is 1.33 bits per heavy atom. The lowest BCUT2D eigenvalue weighted by molar-refractivity contribution is 0.414. The first kappa shape index (κ1) is 12.6. The van der Waals surface area contributed by atoms with Gasteiger partial charge in [0.15, 0.2) is 0 Å². The van der Waals surface area contributed by atoms with Crippen LogP contribution in [0.15, 0.2) is 36.8 Å². The van der Waals surface area contributed by atoms with E-state index in [0.29, 0.717) is 6.54 Å². The summed E-state index contributed by atoms with van der Waals surface area (Å²) in [5.74, 6) is 0.874. The van der Waals surface area contributed by atoms with Crippen molar-refractivity contribution in [3.63, 3.8) is 0 Å². The summed E-state index contributed by atoms with van der Waals surface area (Å²) in [7, 11) is 1.67. The second-order valence-electron chi connectivity index (χ2n) is 4.28. The third-order valence-electron chi connectivity index (χ3n) is 3.16. The molecule has 2 N–H and O–H groups in total. The van der Waals surface area contributed by atoms with Crippen molar-refractivity contribution in [2.75, 3.05) is 13.7 Å². The van der Waals surface area contributed by atoms with Gasteiger partial charge in [0.1, 0.15) is 5.75 Å². The highest BCUT2D eigenvalue weighted by Gasteiger charge is 2.11. The molecular weight excluding hydrogens is 226 g/mol. The van der Waals surface area contributed by atoms with Gasteiger partial charge in [-0.05, 0) is 31.2 Å². The minimum atomic E-state index is 0.250. The van der Waals surface area contributed by atoms with Crippen LogP contribution in [-0.4, -0.2) is 23.2 Å². The Hall–Kier alpha value is -1.81. The van der Waals surface area contributed by atoms with Crippen molar-refractivity contribution in [1.29, 1.82) is 0 Å². The van der Waals surface area contributed by atoms with Crippen LogP contribution in [0.2, 0.25) is 0 Å². The summed E-state index contributed by atoms with van der Waals surface area (Å²) < 4.78 is 7.33. The lowest BCUT2D eigenvalue weighted by atomic mass is 10.1. The van der Waals surface area contributed by atoms with Gasteiger partial charge in [0.25, 0.3) is 0 Å². The summed E-state index contributed by atoms with van der Waals surface area (Å²) in [6, 6.07) is 8.36. The van der Waals surface area contributed by atoms with Crippen LogP contribution in [0, 0.1) is 0 Å². The number of hydrogen-bond donors (Lipinski definition) is 1. The van der Waals surface area contributed by atoms with Crippen molar-refractivity contribution in [3.05, 3.63) is 48.0 Å². The van der Waals surface area contributed by atoms with Crippen LogP contribution in [0.3, 0.4) is 0 Å². The fraction of sp³-hybridized carbons (Fsp3) is 0.357. The molecule has 96 valence electrons. The number of nitrogens with two attached hydrogens (primary N) is 1. The normalized spacial score (nSPS) is 12.4. The molecule has 0 saturated heterocycles. The number of hydrogen-bond acceptors (Lipinski definition) is 3. The maximum Gasteiger partial charge on any atom is 0.118 e. The zero-order valence-corrected chi connectivity index (χ0v) is 10.8. The number of nitrogens with zero attached hydrogens (tertiary/aromatic N) is 2. The van der Waals surface area contributed by atoms with Gasteiger partial charge in [-0.3, -0.25) is 0 Å². The van der Waals surface area contributed by atoms with E-state index in [0.717, 1.165) is 12.2 Å². The van der Waals surface area contributed by atoms with E-state index < -0.39 is 0 Å².